The van der Waals surface area contributed by atoms with E-state index in [4.69, 9.17) is 0 Å². The molecule has 0 atom stereocenters. The molecule has 0 aliphatic heterocycles. The van der Waals surface area contributed by atoms with Gasteiger partial charge in [0.05, 0.1) is 0 Å². The molecular formula is C6H10F2S. The van der Waals surface area contributed by atoms with Gasteiger partial charge in [-0.1, -0.05) is 24.6 Å². The van der Waals surface area contributed by atoms with Gasteiger partial charge < -0.3 is 0 Å². The molecule has 0 radical (unpaired) electrons. The molecule has 0 bridgehead atoms. The SMILES string of the molecule is FC(F)SC1CCCC1. The fourth-order valence-electron chi connectivity index (χ4n) is 1.17. The molecule has 1 aliphatic rings. The van der Waals surface area contributed by atoms with Crippen LogP contribution in [-0.4, -0.2) is 11.0 Å². The molecule has 0 amide bonds. The van der Waals surface area contributed by atoms with Crippen molar-refractivity contribution < 1.29 is 8.78 Å². The second-order valence-electron chi connectivity index (χ2n) is 2.30. The second kappa shape index (κ2) is 3.40. The highest BCUT2D eigenvalue weighted by Crippen LogP contribution is 2.32. The van der Waals surface area contributed by atoms with Gasteiger partial charge in [-0.3, -0.25) is 0 Å². The van der Waals surface area contributed by atoms with Crippen LogP contribution in [0.3, 0.4) is 0 Å². The summed E-state index contributed by atoms with van der Waals surface area (Å²) in [6.07, 6.45) is 4.28. The Labute approximate surface area is 58.0 Å². The smallest absolute Gasteiger partial charge is 0.198 e. The molecule has 0 nitrogen and oxygen atoms in total. The molecule has 1 rings (SSSR count). The summed E-state index contributed by atoms with van der Waals surface area (Å²) in [5.41, 5.74) is 0. The summed E-state index contributed by atoms with van der Waals surface area (Å²) >= 11 is 0.829. The molecule has 9 heavy (non-hydrogen) atoms. The van der Waals surface area contributed by atoms with Crippen molar-refractivity contribution in [1.82, 2.24) is 0 Å². The minimum absolute atomic E-state index is 0.255. The van der Waals surface area contributed by atoms with Gasteiger partial charge in [0.25, 0.3) is 5.76 Å². The Kier molecular flexibility index (Phi) is 2.76. The number of thioether (sulfide) groups is 1. The van der Waals surface area contributed by atoms with Crippen LogP contribution in [0.25, 0.3) is 0 Å². The Morgan fingerprint density at radius 2 is 1.78 bits per heavy atom. The lowest BCUT2D eigenvalue weighted by atomic mass is 10.4. The van der Waals surface area contributed by atoms with Crippen LogP contribution in [0.4, 0.5) is 8.78 Å². The number of hydrogen-bond acceptors (Lipinski definition) is 1. The number of alkyl halides is 2. The molecule has 3 heteroatoms. The van der Waals surface area contributed by atoms with Crippen molar-refractivity contribution in [1.29, 1.82) is 0 Å². The highest BCUT2D eigenvalue weighted by atomic mass is 32.2. The third-order valence-corrected chi connectivity index (χ3v) is 2.66. The molecule has 0 N–H and O–H groups in total. The van der Waals surface area contributed by atoms with Gasteiger partial charge in [-0.05, 0) is 12.8 Å². The highest BCUT2D eigenvalue weighted by Gasteiger charge is 2.19. The Hall–Kier alpha value is 0.210. The summed E-state index contributed by atoms with van der Waals surface area (Å²) in [5, 5.41) is 0.255. The van der Waals surface area contributed by atoms with Crippen molar-refractivity contribution in [3.05, 3.63) is 0 Å². The fourth-order valence-corrected chi connectivity index (χ4v) is 2.07. The first-order valence-electron chi connectivity index (χ1n) is 3.22. The first-order valence-corrected chi connectivity index (χ1v) is 4.17. The maximum absolute atomic E-state index is 11.6. The highest BCUT2D eigenvalue weighted by molar-refractivity contribution is 8.00. The molecule has 1 aliphatic carbocycles. The van der Waals surface area contributed by atoms with E-state index in [0.29, 0.717) is 0 Å². The standard InChI is InChI=1S/C6H10F2S/c7-6(8)9-5-3-1-2-4-5/h5-6H,1-4H2. The minimum Gasteiger partial charge on any atom is -0.198 e. The second-order valence-corrected chi connectivity index (χ2v) is 3.60. The zero-order valence-corrected chi connectivity index (χ0v) is 5.96. The van der Waals surface area contributed by atoms with Crippen molar-refractivity contribution in [2.75, 3.05) is 0 Å². The van der Waals surface area contributed by atoms with Crippen LogP contribution in [-0.2, 0) is 0 Å². The largest absolute Gasteiger partial charge is 0.284 e. The molecule has 0 aromatic heterocycles. The van der Waals surface area contributed by atoms with Gasteiger partial charge in [-0.15, -0.1) is 0 Å². The van der Waals surface area contributed by atoms with Crippen LogP contribution in [0.15, 0.2) is 0 Å². The first kappa shape index (κ1) is 7.32. The predicted molar refractivity (Wildman–Crippen MR) is 35.9 cm³/mol. The van der Waals surface area contributed by atoms with E-state index in [1.807, 2.05) is 0 Å². The van der Waals surface area contributed by atoms with Gasteiger partial charge in [-0.25, -0.2) is 0 Å². The maximum atomic E-state index is 11.6. The zero-order chi connectivity index (χ0) is 6.69. The molecule has 0 heterocycles. The number of rotatable bonds is 2. The summed E-state index contributed by atoms with van der Waals surface area (Å²) in [5.74, 6) is -2.16. The summed E-state index contributed by atoms with van der Waals surface area (Å²) in [7, 11) is 0. The summed E-state index contributed by atoms with van der Waals surface area (Å²) in [6, 6.07) is 0. The monoisotopic (exact) mass is 152 g/mol. The van der Waals surface area contributed by atoms with E-state index in [-0.39, 0.29) is 5.25 Å². The Morgan fingerprint density at radius 1 is 1.22 bits per heavy atom. The van der Waals surface area contributed by atoms with Gasteiger partial charge in [0.1, 0.15) is 0 Å². The Bertz CT molecular complexity index is 79.1. The van der Waals surface area contributed by atoms with E-state index in [1.54, 1.807) is 0 Å². The molecule has 0 aromatic rings. The Morgan fingerprint density at radius 3 is 2.22 bits per heavy atom. The maximum Gasteiger partial charge on any atom is 0.284 e. The molecule has 0 spiro atoms. The van der Waals surface area contributed by atoms with E-state index in [0.717, 1.165) is 37.4 Å². The molecule has 0 saturated heterocycles. The van der Waals surface area contributed by atoms with Gasteiger partial charge in [-0.2, -0.15) is 8.78 Å². The van der Waals surface area contributed by atoms with Gasteiger partial charge >= 0.3 is 0 Å². The van der Waals surface area contributed by atoms with E-state index < -0.39 is 5.76 Å². The number of hydrogen-bond donors (Lipinski definition) is 0. The average Bonchev–Trinajstić information content (AvgIpc) is 2.15. The average molecular weight is 152 g/mol. The zero-order valence-electron chi connectivity index (χ0n) is 5.15. The van der Waals surface area contributed by atoms with Crippen LogP contribution < -0.4 is 0 Å². The quantitative estimate of drug-likeness (QED) is 0.586. The van der Waals surface area contributed by atoms with Crippen LogP contribution >= 0.6 is 11.8 Å². The van der Waals surface area contributed by atoms with Crippen molar-refractivity contribution in [2.24, 2.45) is 0 Å². The van der Waals surface area contributed by atoms with Crippen LogP contribution in [0.2, 0.25) is 0 Å². The molecule has 54 valence electrons. The van der Waals surface area contributed by atoms with E-state index in [9.17, 15) is 8.78 Å². The third kappa shape index (κ3) is 2.52. The molecule has 1 fully saturated rings. The van der Waals surface area contributed by atoms with Gasteiger partial charge in [0, 0.05) is 5.25 Å². The lowest BCUT2D eigenvalue weighted by molar-refractivity contribution is 0.251. The normalized spacial score (nSPS) is 21.7. The summed E-state index contributed by atoms with van der Waals surface area (Å²) in [6.45, 7) is 0. The van der Waals surface area contributed by atoms with Gasteiger partial charge in [0.2, 0.25) is 0 Å². The predicted octanol–water partition coefficient (Wildman–Crippen LogP) is 2.88. The van der Waals surface area contributed by atoms with E-state index in [1.165, 1.54) is 0 Å². The molecule has 0 unspecified atom stereocenters. The Balaban J connectivity index is 2.11. The van der Waals surface area contributed by atoms with Crippen molar-refractivity contribution in [3.63, 3.8) is 0 Å². The molecular weight excluding hydrogens is 142 g/mol. The van der Waals surface area contributed by atoms with Gasteiger partial charge in [0.15, 0.2) is 0 Å². The molecule has 1 saturated carbocycles. The fraction of sp³-hybridized carbons (Fsp3) is 1.00. The van der Waals surface area contributed by atoms with E-state index in [2.05, 4.69) is 0 Å². The van der Waals surface area contributed by atoms with Crippen LogP contribution in [0.5, 0.6) is 0 Å². The summed E-state index contributed by atoms with van der Waals surface area (Å²) in [4.78, 5) is 0. The lowest BCUT2D eigenvalue weighted by Crippen LogP contribution is -1.97. The minimum atomic E-state index is -2.16. The number of halogens is 2. The first-order chi connectivity index (χ1) is 4.29. The summed E-state index contributed by atoms with van der Waals surface area (Å²) < 4.78 is 23.3. The topological polar surface area (TPSA) is 0 Å². The molecule has 0 aromatic carbocycles. The van der Waals surface area contributed by atoms with Crippen LogP contribution in [0, 0.1) is 0 Å². The van der Waals surface area contributed by atoms with Crippen LogP contribution in [0.1, 0.15) is 25.7 Å². The van der Waals surface area contributed by atoms with E-state index >= 15 is 0 Å². The van der Waals surface area contributed by atoms with Crippen molar-refractivity contribution in [3.8, 4) is 0 Å². The van der Waals surface area contributed by atoms with Crippen molar-refractivity contribution >= 4 is 11.8 Å². The lowest BCUT2D eigenvalue weighted by Gasteiger charge is -2.05. The third-order valence-electron chi connectivity index (χ3n) is 1.60. The van der Waals surface area contributed by atoms with Crippen molar-refractivity contribution in [2.45, 2.75) is 36.7 Å².